The second kappa shape index (κ2) is 15.4. The molecule has 0 aliphatic heterocycles. The van der Waals surface area contributed by atoms with Gasteiger partial charge in [0, 0.05) is 49.8 Å². The van der Waals surface area contributed by atoms with Crippen LogP contribution in [0.4, 0.5) is 0 Å². The van der Waals surface area contributed by atoms with Crippen molar-refractivity contribution in [3.8, 4) is 85.1 Å². The topological polar surface area (TPSA) is 82.3 Å². The Kier molecular flexibility index (Phi) is 9.02. The Morgan fingerprint density at radius 2 is 0.639 bits per heavy atom. The smallest absolute Gasteiger partial charge is 0.164 e. The van der Waals surface area contributed by atoms with E-state index in [1.165, 1.54) is 5.39 Å². The van der Waals surface area contributed by atoms with E-state index in [2.05, 4.69) is 95.6 Å². The second-order valence-corrected chi connectivity index (χ2v) is 14.8. The Balaban J connectivity index is 1.18. The summed E-state index contributed by atoms with van der Waals surface area (Å²) in [5.74, 6) is 3.50. The summed E-state index contributed by atoms with van der Waals surface area (Å²) in [6, 6.07) is 72.4. The molecule has 0 aliphatic carbocycles. The molecule has 0 aliphatic rings. The molecule has 0 radical (unpaired) electrons. The van der Waals surface area contributed by atoms with Gasteiger partial charge in [0.15, 0.2) is 34.9 Å². The maximum absolute atomic E-state index is 5.19. The lowest BCUT2D eigenvalue weighted by atomic mass is 9.95. The van der Waals surface area contributed by atoms with E-state index in [0.717, 1.165) is 66.6 Å². The molecule has 7 nitrogen and oxygen atoms in total. The molecule has 286 valence electrons. The Hall–Kier alpha value is -8.42. The van der Waals surface area contributed by atoms with Crippen molar-refractivity contribution in [1.29, 1.82) is 0 Å². The number of para-hydroxylation sites is 2. The van der Waals surface area contributed by atoms with Gasteiger partial charge in [0.05, 0.1) is 11.0 Å². The van der Waals surface area contributed by atoms with Gasteiger partial charge in [-0.15, -0.1) is 0 Å². The van der Waals surface area contributed by atoms with Crippen molar-refractivity contribution in [2.45, 2.75) is 0 Å². The van der Waals surface area contributed by atoms with Gasteiger partial charge in [-0.3, -0.25) is 0 Å². The summed E-state index contributed by atoms with van der Waals surface area (Å²) in [7, 11) is 0. The molecule has 11 rings (SSSR count). The molecule has 3 aromatic heterocycles. The van der Waals surface area contributed by atoms with E-state index in [0.29, 0.717) is 34.9 Å². The average molecular weight is 782 g/mol. The Morgan fingerprint density at radius 1 is 0.246 bits per heavy atom. The molecule has 8 aromatic carbocycles. The maximum Gasteiger partial charge on any atom is 0.164 e. The van der Waals surface area contributed by atoms with Gasteiger partial charge < -0.3 is 4.57 Å². The van der Waals surface area contributed by atoms with Gasteiger partial charge in [-0.25, -0.2) is 29.9 Å². The lowest BCUT2D eigenvalue weighted by molar-refractivity contribution is 1.07. The number of benzene rings is 8. The molecule has 0 bridgehead atoms. The van der Waals surface area contributed by atoms with Crippen LogP contribution in [0.2, 0.25) is 0 Å². The molecule has 7 heteroatoms. The summed E-state index contributed by atoms with van der Waals surface area (Å²) in [6.45, 7) is 0. The van der Waals surface area contributed by atoms with E-state index < -0.39 is 0 Å². The molecular weight excluding hydrogens is 747 g/mol. The van der Waals surface area contributed by atoms with Crippen LogP contribution in [0.15, 0.2) is 212 Å². The number of rotatable bonds is 8. The first kappa shape index (κ1) is 35.7. The normalized spacial score (nSPS) is 11.3. The highest BCUT2D eigenvalue weighted by Crippen LogP contribution is 2.40. The molecule has 61 heavy (non-hydrogen) atoms. The molecule has 0 fully saturated rings. The van der Waals surface area contributed by atoms with Crippen LogP contribution in [0, 0.1) is 0 Å². The van der Waals surface area contributed by atoms with Crippen molar-refractivity contribution in [2.75, 3.05) is 0 Å². The minimum absolute atomic E-state index is 0.559. The first-order chi connectivity index (χ1) is 30.2. The van der Waals surface area contributed by atoms with Gasteiger partial charge >= 0.3 is 0 Å². The Morgan fingerprint density at radius 3 is 1.15 bits per heavy atom. The molecule has 0 saturated heterocycles. The van der Waals surface area contributed by atoms with Gasteiger partial charge in [0.1, 0.15) is 0 Å². The molecule has 3 heterocycles. The molecule has 0 saturated carbocycles. The van der Waals surface area contributed by atoms with Crippen LogP contribution in [-0.2, 0) is 0 Å². The quantitative estimate of drug-likeness (QED) is 0.153. The van der Waals surface area contributed by atoms with Crippen molar-refractivity contribution in [3.05, 3.63) is 212 Å². The third-order valence-electron chi connectivity index (χ3n) is 10.9. The zero-order chi connectivity index (χ0) is 40.5. The number of fused-ring (bicyclic) bond motifs is 3. The molecule has 0 N–H and O–H groups in total. The minimum Gasteiger partial charge on any atom is -0.309 e. The maximum atomic E-state index is 5.19. The van der Waals surface area contributed by atoms with Crippen LogP contribution in [-0.4, -0.2) is 34.5 Å². The van der Waals surface area contributed by atoms with Crippen LogP contribution < -0.4 is 0 Å². The molecule has 0 unspecified atom stereocenters. The zero-order valence-corrected chi connectivity index (χ0v) is 32.8. The van der Waals surface area contributed by atoms with Gasteiger partial charge in [-0.1, -0.05) is 176 Å². The van der Waals surface area contributed by atoms with Crippen molar-refractivity contribution < 1.29 is 0 Å². The monoisotopic (exact) mass is 781 g/mol. The van der Waals surface area contributed by atoms with Crippen LogP contribution in [0.25, 0.3) is 107 Å². The van der Waals surface area contributed by atoms with E-state index >= 15 is 0 Å². The highest BCUT2D eigenvalue weighted by Gasteiger charge is 2.21. The molecule has 0 amide bonds. The standard InChI is InChI=1S/C54H35N7/c1-6-18-36(19-7-1)49-55-50(37-20-8-2-9-21-37)58-53(57-49)41-31-33-45(54-59-51(38-22-10-3-11-23-38)56-52(60-54)39-24-12-4-13-25-39)46(34-41)40-30-32-44-43-28-16-17-29-47(43)61(48(44)35-40)42-26-14-5-15-27-42/h1-35H. The van der Waals surface area contributed by atoms with E-state index in [9.17, 15) is 0 Å². The van der Waals surface area contributed by atoms with Crippen LogP contribution in [0.5, 0.6) is 0 Å². The highest BCUT2D eigenvalue weighted by molar-refractivity contribution is 6.10. The van der Waals surface area contributed by atoms with E-state index in [-0.39, 0.29) is 0 Å². The second-order valence-electron chi connectivity index (χ2n) is 14.8. The highest BCUT2D eigenvalue weighted by atomic mass is 15.0. The van der Waals surface area contributed by atoms with Gasteiger partial charge in [0.2, 0.25) is 0 Å². The van der Waals surface area contributed by atoms with Crippen LogP contribution in [0.1, 0.15) is 0 Å². The van der Waals surface area contributed by atoms with Gasteiger partial charge in [-0.2, -0.15) is 0 Å². The predicted octanol–water partition coefficient (Wildman–Crippen LogP) is 12.8. The predicted molar refractivity (Wildman–Crippen MR) is 246 cm³/mol. The summed E-state index contributed by atoms with van der Waals surface area (Å²) in [6.07, 6.45) is 0. The van der Waals surface area contributed by atoms with Crippen LogP contribution >= 0.6 is 0 Å². The van der Waals surface area contributed by atoms with E-state index in [1.807, 2.05) is 121 Å². The Bertz CT molecular complexity index is 3220. The fourth-order valence-corrected chi connectivity index (χ4v) is 7.98. The Labute approximate surface area is 352 Å². The summed E-state index contributed by atoms with van der Waals surface area (Å²) in [5.41, 5.74) is 10.5. The largest absolute Gasteiger partial charge is 0.309 e. The molecule has 0 spiro atoms. The lowest BCUT2D eigenvalue weighted by Gasteiger charge is -2.15. The van der Waals surface area contributed by atoms with Crippen molar-refractivity contribution in [1.82, 2.24) is 34.5 Å². The summed E-state index contributed by atoms with van der Waals surface area (Å²) >= 11 is 0. The number of hydrogen-bond donors (Lipinski definition) is 0. The summed E-state index contributed by atoms with van der Waals surface area (Å²) in [4.78, 5) is 30.6. The fraction of sp³-hybridized carbons (Fsp3) is 0. The third-order valence-corrected chi connectivity index (χ3v) is 10.9. The van der Waals surface area contributed by atoms with Gasteiger partial charge in [0.25, 0.3) is 0 Å². The zero-order valence-electron chi connectivity index (χ0n) is 32.8. The average Bonchev–Trinajstić information content (AvgIpc) is 3.68. The van der Waals surface area contributed by atoms with Crippen molar-refractivity contribution in [2.24, 2.45) is 0 Å². The fourth-order valence-electron chi connectivity index (χ4n) is 7.98. The van der Waals surface area contributed by atoms with Crippen molar-refractivity contribution in [3.63, 3.8) is 0 Å². The lowest BCUT2D eigenvalue weighted by Crippen LogP contribution is -2.02. The molecule has 11 aromatic rings. The first-order valence-corrected chi connectivity index (χ1v) is 20.2. The first-order valence-electron chi connectivity index (χ1n) is 20.2. The van der Waals surface area contributed by atoms with E-state index in [1.54, 1.807) is 0 Å². The van der Waals surface area contributed by atoms with Crippen molar-refractivity contribution >= 4 is 21.8 Å². The van der Waals surface area contributed by atoms with E-state index in [4.69, 9.17) is 29.9 Å². The number of aromatic nitrogens is 7. The number of nitrogens with zero attached hydrogens (tertiary/aromatic N) is 7. The minimum atomic E-state index is 0.559. The number of hydrogen-bond acceptors (Lipinski definition) is 6. The summed E-state index contributed by atoms with van der Waals surface area (Å²) in [5, 5.41) is 2.35. The van der Waals surface area contributed by atoms with Gasteiger partial charge in [-0.05, 0) is 47.5 Å². The summed E-state index contributed by atoms with van der Waals surface area (Å²) < 4.78 is 2.34. The SMILES string of the molecule is c1ccc(-c2nc(-c3ccccc3)nc(-c3ccc(-c4nc(-c5ccccc5)nc(-c5ccccc5)n4)c(-c4ccc5c6ccccc6n(-c6ccccc6)c5c4)c3)n2)cc1. The molecule has 0 atom stereocenters. The van der Waals surface area contributed by atoms with Crippen LogP contribution in [0.3, 0.4) is 0 Å². The molecular formula is C54H35N7. The third kappa shape index (κ3) is 6.80.